The molecule has 0 aliphatic heterocycles. The number of methoxy groups -OCH3 is 1. The Bertz CT molecular complexity index is 420. The maximum atomic E-state index is 11.5. The van der Waals surface area contributed by atoms with E-state index in [-0.39, 0.29) is 12.5 Å². The summed E-state index contributed by atoms with van der Waals surface area (Å²) >= 11 is 0. The second-order valence-electron chi connectivity index (χ2n) is 3.54. The number of anilines is 1. The third-order valence-electron chi connectivity index (χ3n) is 2.09. The summed E-state index contributed by atoms with van der Waals surface area (Å²) in [5.41, 5.74) is 6.32. The van der Waals surface area contributed by atoms with Gasteiger partial charge >= 0.3 is 5.97 Å². The molecule has 6 heteroatoms. The summed E-state index contributed by atoms with van der Waals surface area (Å²) < 4.78 is 9.59. The van der Waals surface area contributed by atoms with Gasteiger partial charge in [0.1, 0.15) is 0 Å². The minimum atomic E-state index is -0.579. The van der Waals surface area contributed by atoms with E-state index in [4.69, 9.17) is 15.2 Å². The van der Waals surface area contributed by atoms with Crippen LogP contribution in [0.25, 0.3) is 0 Å². The number of ether oxygens (including phenoxy) is 2. The Morgan fingerprint density at radius 1 is 1.39 bits per heavy atom. The highest BCUT2D eigenvalue weighted by molar-refractivity contribution is 5.92. The molecule has 0 spiro atoms. The van der Waals surface area contributed by atoms with Crippen molar-refractivity contribution in [1.82, 2.24) is 5.32 Å². The van der Waals surface area contributed by atoms with Crippen LogP contribution in [0.2, 0.25) is 0 Å². The molecule has 0 unspecified atom stereocenters. The monoisotopic (exact) mass is 252 g/mol. The molecule has 0 heterocycles. The van der Waals surface area contributed by atoms with Gasteiger partial charge < -0.3 is 20.5 Å². The standard InChI is InChI=1S/C12H16N2O4/c1-17-6-5-14-11(15)8-18-12(16)9-3-2-4-10(13)7-9/h2-4,7H,5-6,8,13H2,1H3,(H,14,15). The van der Waals surface area contributed by atoms with Crippen LogP contribution in [0, 0.1) is 0 Å². The van der Waals surface area contributed by atoms with E-state index in [1.165, 1.54) is 13.2 Å². The van der Waals surface area contributed by atoms with Gasteiger partial charge in [-0.2, -0.15) is 0 Å². The number of benzene rings is 1. The van der Waals surface area contributed by atoms with Crippen LogP contribution in [0.1, 0.15) is 10.4 Å². The van der Waals surface area contributed by atoms with Crippen molar-refractivity contribution in [2.75, 3.05) is 32.6 Å². The van der Waals surface area contributed by atoms with E-state index in [1.807, 2.05) is 0 Å². The van der Waals surface area contributed by atoms with E-state index in [1.54, 1.807) is 18.2 Å². The molecule has 0 saturated heterocycles. The first kappa shape index (κ1) is 14.0. The molecule has 0 aliphatic rings. The number of nitrogen functional groups attached to an aromatic ring is 1. The second-order valence-corrected chi connectivity index (χ2v) is 3.54. The summed E-state index contributed by atoms with van der Waals surface area (Å²) in [6, 6.07) is 6.37. The molecule has 0 bridgehead atoms. The fourth-order valence-electron chi connectivity index (χ4n) is 1.22. The highest BCUT2D eigenvalue weighted by atomic mass is 16.5. The van der Waals surface area contributed by atoms with E-state index >= 15 is 0 Å². The molecule has 0 atom stereocenters. The third kappa shape index (κ3) is 4.84. The van der Waals surface area contributed by atoms with E-state index in [0.717, 1.165) is 0 Å². The Kier molecular flexibility index (Phi) is 5.66. The normalized spacial score (nSPS) is 9.83. The molecular formula is C12H16N2O4. The lowest BCUT2D eigenvalue weighted by molar-refractivity contribution is -0.124. The molecule has 1 amide bonds. The van der Waals surface area contributed by atoms with Crippen LogP contribution in [0.3, 0.4) is 0 Å². The number of amides is 1. The van der Waals surface area contributed by atoms with Crippen LogP contribution in [0.15, 0.2) is 24.3 Å². The SMILES string of the molecule is COCCNC(=O)COC(=O)c1cccc(N)c1. The van der Waals surface area contributed by atoms with Gasteiger partial charge in [-0.25, -0.2) is 4.79 Å². The van der Waals surface area contributed by atoms with Crippen molar-refractivity contribution >= 4 is 17.6 Å². The predicted octanol–water partition coefficient (Wildman–Crippen LogP) is 0.188. The largest absolute Gasteiger partial charge is 0.452 e. The fourth-order valence-corrected chi connectivity index (χ4v) is 1.22. The number of carbonyl (C=O) groups is 2. The summed E-state index contributed by atoms with van der Waals surface area (Å²) in [6.45, 7) is 0.470. The zero-order valence-corrected chi connectivity index (χ0v) is 10.1. The molecule has 0 radical (unpaired) electrons. The Morgan fingerprint density at radius 3 is 2.83 bits per heavy atom. The first-order chi connectivity index (χ1) is 8.63. The van der Waals surface area contributed by atoms with Gasteiger partial charge in [0, 0.05) is 19.3 Å². The van der Waals surface area contributed by atoms with Gasteiger partial charge in [0.15, 0.2) is 6.61 Å². The fraction of sp³-hybridized carbons (Fsp3) is 0.333. The van der Waals surface area contributed by atoms with Crippen LogP contribution >= 0.6 is 0 Å². The number of esters is 1. The molecule has 98 valence electrons. The highest BCUT2D eigenvalue weighted by Gasteiger charge is 2.09. The first-order valence-electron chi connectivity index (χ1n) is 5.42. The zero-order valence-electron chi connectivity index (χ0n) is 10.1. The van der Waals surface area contributed by atoms with Gasteiger partial charge in [-0.05, 0) is 18.2 Å². The summed E-state index contributed by atoms with van der Waals surface area (Å²) in [5, 5.41) is 2.54. The minimum absolute atomic E-state index is 0.319. The average molecular weight is 252 g/mol. The summed E-state index contributed by atoms with van der Waals surface area (Å²) in [4.78, 5) is 22.8. The molecule has 0 aliphatic carbocycles. The summed E-state index contributed by atoms with van der Waals surface area (Å²) in [5.74, 6) is -0.950. The Hall–Kier alpha value is -2.08. The minimum Gasteiger partial charge on any atom is -0.452 e. The molecule has 0 aromatic heterocycles. The van der Waals surface area contributed by atoms with Gasteiger partial charge in [-0.1, -0.05) is 6.07 Å². The lowest BCUT2D eigenvalue weighted by Gasteiger charge is -2.06. The molecule has 3 N–H and O–H groups in total. The van der Waals surface area contributed by atoms with Crippen LogP contribution < -0.4 is 11.1 Å². The van der Waals surface area contributed by atoms with Crippen molar-refractivity contribution in [3.63, 3.8) is 0 Å². The summed E-state index contributed by atoms with van der Waals surface area (Å²) in [6.07, 6.45) is 0. The number of nitrogens with two attached hydrogens (primary N) is 1. The molecule has 18 heavy (non-hydrogen) atoms. The van der Waals surface area contributed by atoms with Crippen molar-refractivity contribution < 1.29 is 19.1 Å². The second kappa shape index (κ2) is 7.29. The molecule has 1 rings (SSSR count). The number of hydrogen-bond donors (Lipinski definition) is 2. The van der Waals surface area contributed by atoms with E-state index in [9.17, 15) is 9.59 Å². The third-order valence-corrected chi connectivity index (χ3v) is 2.09. The molecule has 6 nitrogen and oxygen atoms in total. The maximum Gasteiger partial charge on any atom is 0.338 e. The van der Waals surface area contributed by atoms with Crippen molar-refractivity contribution in [3.05, 3.63) is 29.8 Å². The van der Waals surface area contributed by atoms with Crippen LogP contribution in [-0.2, 0) is 14.3 Å². The van der Waals surface area contributed by atoms with Gasteiger partial charge in [0.25, 0.3) is 5.91 Å². The van der Waals surface area contributed by atoms with E-state index in [2.05, 4.69) is 5.32 Å². The van der Waals surface area contributed by atoms with Crippen molar-refractivity contribution in [3.8, 4) is 0 Å². The van der Waals surface area contributed by atoms with Crippen LogP contribution in [0.5, 0.6) is 0 Å². The lowest BCUT2D eigenvalue weighted by Crippen LogP contribution is -2.31. The quantitative estimate of drug-likeness (QED) is 0.428. The number of rotatable bonds is 6. The number of carbonyl (C=O) groups excluding carboxylic acids is 2. The summed E-state index contributed by atoms with van der Waals surface area (Å²) in [7, 11) is 1.53. The Labute approximate surface area is 105 Å². The van der Waals surface area contributed by atoms with Gasteiger partial charge in [-0.15, -0.1) is 0 Å². The van der Waals surface area contributed by atoms with E-state index < -0.39 is 5.97 Å². The molecule has 1 aromatic rings. The van der Waals surface area contributed by atoms with Crippen LogP contribution in [0.4, 0.5) is 5.69 Å². The van der Waals surface area contributed by atoms with Gasteiger partial charge in [-0.3, -0.25) is 4.79 Å². The van der Waals surface area contributed by atoms with Gasteiger partial charge in [0.05, 0.1) is 12.2 Å². The predicted molar refractivity (Wildman–Crippen MR) is 66.0 cm³/mol. The van der Waals surface area contributed by atoms with Crippen molar-refractivity contribution in [2.45, 2.75) is 0 Å². The zero-order chi connectivity index (χ0) is 13.4. The number of nitrogens with one attached hydrogen (secondary N) is 1. The van der Waals surface area contributed by atoms with Crippen molar-refractivity contribution in [2.24, 2.45) is 0 Å². The maximum absolute atomic E-state index is 11.5. The lowest BCUT2D eigenvalue weighted by atomic mass is 10.2. The van der Waals surface area contributed by atoms with E-state index in [0.29, 0.717) is 24.4 Å². The average Bonchev–Trinajstić information content (AvgIpc) is 2.36. The molecule has 0 fully saturated rings. The topological polar surface area (TPSA) is 90.6 Å². The highest BCUT2D eigenvalue weighted by Crippen LogP contribution is 2.07. The number of hydrogen-bond acceptors (Lipinski definition) is 5. The Morgan fingerprint density at radius 2 is 2.17 bits per heavy atom. The molecule has 1 aromatic carbocycles. The Balaban J connectivity index is 2.35. The smallest absolute Gasteiger partial charge is 0.338 e. The van der Waals surface area contributed by atoms with Gasteiger partial charge in [0.2, 0.25) is 0 Å². The molecular weight excluding hydrogens is 236 g/mol. The first-order valence-corrected chi connectivity index (χ1v) is 5.42. The van der Waals surface area contributed by atoms with Crippen LogP contribution in [-0.4, -0.2) is 38.7 Å². The molecule has 0 saturated carbocycles. The van der Waals surface area contributed by atoms with Crippen molar-refractivity contribution in [1.29, 1.82) is 0 Å².